The lowest BCUT2D eigenvalue weighted by Gasteiger charge is -2.18. The molecule has 8 heteroatoms. The van der Waals surface area contributed by atoms with Gasteiger partial charge in [-0.05, 0) is 17.7 Å². The maximum atomic E-state index is 12.4. The van der Waals surface area contributed by atoms with Crippen LogP contribution in [-0.2, 0) is 14.3 Å². The van der Waals surface area contributed by atoms with Crippen LogP contribution in [0.4, 0.5) is 0 Å². The number of aromatic nitrogens is 1. The topological polar surface area (TPSA) is 115 Å². The van der Waals surface area contributed by atoms with E-state index in [0.29, 0.717) is 11.3 Å². The number of methoxy groups -OCH3 is 3. The largest absolute Gasteiger partial charge is 0.506 e. The lowest BCUT2D eigenvalue weighted by molar-refractivity contribution is -0.140. The van der Waals surface area contributed by atoms with Crippen LogP contribution in [0.25, 0.3) is 0 Å². The predicted octanol–water partition coefficient (Wildman–Crippen LogP) is 1.57. The number of hydrogen-bond donors (Lipinski definition) is 2. The number of aromatic hydroxyl groups is 1. The maximum Gasteiger partial charge on any atom is 0.343 e. The second-order valence-corrected chi connectivity index (χ2v) is 5.39. The number of esters is 2. The van der Waals surface area contributed by atoms with Gasteiger partial charge in [0.05, 0.1) is 33.3 Å². The van der Waals surface area contributed by atoms with Crippen LogP contribution >= 0.6 is 0 Å². The smallest absolute Gasteiger partial charge is 0.343 e. The summed E-state index contributed by atoms with van der Waals surface area (Å²) < 4.78 is 14.4. The van der Waals surface area contributed by atoms with Crippen LogP contribution in [0.15, 0.2) is 35.3 Å². The highest BCUT2D eigenvalue weighted by atomic mass is 16.5. The molecule has 2 rings (SSSR count). The zero-order chi connectivity index (χ0) is 19.3. The van der Waals surface area contributed by atoms with Crippen LogP contribution in [0, 0.1) is 0 Å². The number of H-pyrrole nitrogens is 1. The molecule has 2 N–H and O–H groups in total. The number of nitrogens with one attached hydrogen (secondary N) is 1. The van der Waals surface area contributed by atoms with Crippen molar-refractivity contribution in [2.24, 2.45) is 0 Å². The number of ether oxygens (including phenoxy) is 3. The molecule has 0 spiro atoms. The molecule has 0 amide bonds. The molecule has 8 nitrogen and oxygen atoms in total. The maximum absolute atomic E-state index is 12.4. The molecule has 0 unspecified atom stereocenters. The number of carbonyl (C=O) groups excluding carboxylic acids is 2. The van der Waals surface area contributed by atoms with E-state index in [4.69, 9.17) is 9.47 Å². The highest BCUT2D eigenvalue weighted by molar-refractivity contribution is 5.92. The van der Waals surface area contributed by atoms with E-state index in [2.05, 4.69) is 9.72 Å². The average Bonchev–Trinajstić information content (AvgIpc) is 2.66. The summed E-state index contributed by atoms with van der Waals surface area (Å²) >= 11 is 0. The third-order valence-electron chi connectivity index (χ3n) is 3.97. The van der Waals surface area contributed by atoms with E-state index in [1.807, 2.05) is 0 Å². The molecule has 1 atom stereocenters. The fraction of sp³-hybridized carbons (Fsp3) is 0.278. The first kappa shape index (κ1) is 19.0. The van der Waals surface area contributed by atoms with Crippen molar-refractivity contribution in [1.82, 2.24) is 4.98 Å². The summed E-state index contributed by atoms with van der Waals surface area (Å²) in [7, 11) is 3.89. The molecule has 0 bridgehead atoms. The molecule has 0 saturated carbocycles. The Bertz CT molecular complexity index is 855. The summed E-state index contributed by atoms with van der Waals surface area (Å²) in [6.07, 6.45) is 0.861. The Morgan fingerprint density at radius 3 is 2.31 bits per heavy atom. The first-order valence-corrected chi connectivity index (χ1v) is 7.66. The Balaban J connectivity index is 2.63. The number of hydrogen-bond acceptors (Lipinski definition) is 7. The molecule has 1 heterocycles. The summed E-state index contributed by atoms with van der Waals surface area (Å²) in [5.41, 5.74) is -0.382. The van der Waals surface area contributed by atoms with Crippen molar-refractivity contribution in [1.29, 1.82) is 0 Å². The highest BCUT2D eigenvalue weighted by Gasteiger charge is 2.28. The monoisotopic (exact) mass is 361 g/mol. The van der Waals surface area contributed by atoms with Gasteiger partial charge in [-0.25, -0.2) is 4.79 Å². The number of aromatic amines is 1. The molecule has 0 aliphatic rings. The summed E-state index contributed by atoms with van der Waals surface area (Å²) in [6, 6.07) is 6.65. The summed E-state index contributed by atoms with van der Waals surface area (Å²) in [4.78, 5) is 38.4. The van der Waals surface area contributed by atoms with Gasteiger partial charge in [-0.3, -0.25) is 9.59 Å². The van der Waals surface area contributed by atoms with Gasteiger partial charge < -0.3 is 24.3 Å². The average molecular weight is 361 g/mol. The van der Waals surface area contributed by atoms with Crippen molar-refractivity contribution in [2.75, 3.05) is 21.3 Å². The van der Waals surface area contributed by atoms with E-state index in [-0.39, 0.29) is 17.5 Å². The van der Waals surface area contributed by atoms with Crippen LogP contribution in [0.2, 0.25) is 0 Å². The van der Waals surface area contributed by atoms with Crippen LogP contribution in [0.1, 0.15) is 33.8 Å². The summed E-state index contributed by atoms with van der Waals surface area (Å²) in [6.45, 7) is 0. The first-order valence-electron chi connectivity index (χ1n) is 7.66. The number of pyridine rings is 1. The number of benzene rings is 1. The van der Waals surface area contributed by atoms with Gasteiger partial charge in [-0.1, -0.05) is 12.1 Å². The van der Waals surface area contributed by atoms with Gasteiger partial charge in [0.15, 0.2) is 0 Å². The second-order valence-electron chi connectivity index (χ2n) is 5.39. The Hall–Kier alpha value is -3.29. The van der Waals surface area contributed by atoms with E-state index in [0.717, 1.165) is 13.3 Å². The van der Waals surface area contributed by atoms with Crippen molar-refractivity contribution in [3.05, 3.63) is 57.5 Å². The normalized spacial score (nSPS) is 11.5. The van der Waals surface area contributed by atoms with Gasteiger partial charge >= 0.3 is 11.9 Å². The van der Waals surface area contributed by atoms with E-state index in [1.54, 1.807) is 24.3 Å². The van der Waals surface area contributed by atoms with Crippen molar-refractivity contribution >= 4 is 11.9 Å². The third kappa shape index (κ3) is 3.85. The Morgan fingerprint density at radius 2 is 1.77 bits per heavy atom. The van der Waals surface area contributed by atoms with E-state index < -0.39 is 29.2 Å². The van der Waals surface area contributed by atoms with Crippen molar-refractivity contribution in [2.45, 2.75) is 12.3 Å². The number of rotatable bonds is 6. The molecule has 0 saturated heterocycles. The van der Waals surface area contributed by atoms with Gasteiger partial charge in [0.2, 0.25) is 0 Å². The number of carbonyl (C=O) groups is 2. The van der Waals surface area contributed by atoms with Gasteiger partial charge in [0.1, 0.15) is 17.1 Å². The lowest BCUT2D eigenvalue weighted by atomic mass is 9.88. The molecular formula is C18H19NO7. The lowest BCUT2D eigenvalue weighted by Crippen LogP contribution is -2.22. The molecule has 1 aromatic heterocycles. The minimum absolute atomic E-state index is 0.122. The van der Waals surface area contributed by atoms with E-state index >= 15 is 0 Å². The molecule has 0 aliphatic carbocycles. The zero-order valence-corrected chi connectivity index (χ0v) is 14.6. The molecule has 2 aromatic rings. The molecule has 138 valence electrons. The molecule has 0 aliphatic heterocycles. The highest BCUT2D eigenvalue weighted by Crippen LogP contribution is 2.34. The first-order chi connectivity index (χ1) is 12.4. The van der Waals surface area contributed by atoms with E-state index in [9.17, 15) is 19.5 Å². The van der Waals surface area contributed by atoms with E-state index in [1.165, 1.54) is 14.2 Å². The van der Waals surface area contributed by atoms with Crippen molar-refractivity contribution < 1.29 is 28.9 Å². The minimum atomic E-state index is -0.832. The zero-order valence-electron chi connectivity index (χ0n) is 14.6. The molecule has 1 aromatic carbocycles. The van der Waals surface area contributed by atoms with Gasteiger partial charge in [-0.2, -0.15) is 0 Å². The standard InChI is InChI=1S/C18H19NO7/c1-24-11-6-4-10(5-7-11)12(8-14(20)25-2)15-16(21)13(18(23)26-3)9-19-17(15)22/h4-7,9,12H,8H2,1-3H3,(H2,19,21,22)/t12-/m0/s1. The Kier molecular flexibility index (Phi) is 6.00. The molecule has 26 heavy (non-hydrogen) atoms. The fourth-order valence-electron chi connectivity index (χ4n) is 2.60. The Labute approximate surface area is 149 Å². The molecular weight excluding hydrogens is 342 g/mol. The summed E-state index contributed by atoms with van der Waals surface area (Å²) in [5.74, 6) is -2.17. The Morgan fingerprint density at radius 1 is 1.12 bits per heavy atom. The van der Waals surface area contributed by atoms with Crippen LogP contribution < -0.4 is 10.3 Å². The fourth-order valence-corrected chi connectivity index (χ4v) is 2.60. The predicted molar refractivity (Wildman–Crippen MR) is 91.5 cm³/mol. The van der Waals surface area contributed by atoms with Crippen LogP contribution in [-0.4, -0.2) is 43.4 Å². The summed E-state index contributed by atoms with van der Waals surface area (Å²) in [5, 5.41) is 10.5. The quantitative estimate of drug-likeness (QED) is 0.751. The minimum Gasteiger partial charge on any atom is -0.506 e. The van der Waals surface area contributed by atoms with Gasteiger partial charge in [0, 0.05) is 12.1 Å². The second kappa shape index (κ2) is 8.19. The molecule has 0 radical (unpaired) electrons. The van der Waals surface area contributed by atoms with Crippen LogP contribution in [0.5, 0.6) is 11.5 Å². The third-order valence-corrected chi connectivity index (χ3v) is 3.97. The van der Waals surface area contributed by atoms with Gasteiger partial charge in [-0.15, -0.1) is 0 Å². The molecule has 0 fully saturated rings. The van der Waals surface area contributed by atoms with Gasteiger partial charge in [0.25, 0.3) is 5.56 Å². The van der Waals surface area contributed by atoms with Crippen LogP contribution in [0.3, 0.4) is 0 Å². The van der Waals surface area contributed by atoms with Crippen molar-refractivity contribution in [3.8, 4) is 11.5 Å². The SMILES string of the molecule is COC(=O)C[C@@H](c1ccc(OC)cc1)c1c(O)c(C(=O)OC)c[nH]c1=O. The van der Waals surface area contributed by atoms with Crippen molar-refractivity contribution in [3.63, 3.8) is 0 Å².